The zero-order valence-corrected chi connectivity index (χ0v) is 10.4. The van der Waals surface area contributed by atoms with E-state index < -0.39 is 0 Å². The minimum Gasteiger partial charge on any atom is -0.298 e. The maximum Gasteiger partial charge on any atom is 0.0639 e. The molecule has 3 nitrogen and oxygen atoms in total. The highest BCUT2D eigenvalue weighted by Crippen LogP contribution is 2.16. The highest BCUT2D eigenvalue weighted by Gasteiger charge is 2.13. The molecule has 0 radical (unpaired) electrons. The smallest absolute Gasteiger partial charge is 0.0639 e. The van der Waals surface area contributed by atoms with E-state index in [-0.39, 0.29) is 0 Å². The summed E-state index contributed by atoms with van der Waals surface area (Å²) in [6.45, 7) is 7.72. The first-order chi connectivity index (χ1) is 7.27. The number of hydrogen-bond acceptors (Lipinski definition) is 3. The maximum absolute atomic E-state index is 4.25. The Morgan fingerprint density at radius 3 is 2.93 bits per heavy atom. The number of H-pyrrole nitrogens is 1. The van der Waals surface area contributed by atoms with Gasteiger partial charge >= 0.3 is 0 Å². The molecule has 0 unspecified atom stereocenters. The first-order valence-electron chi connectivity index (χ1n) is 5.58. The molecule has 0 bridgehead atoms. The van der Waals surface area contributed by atoms with E-state index in [1.54, 1.807) is 0 Å². The van der Waals surface area contributed by atoms with Gasteiger partial charge in [0.2, 0.25) is 0 Å². The molecular formula is C11H19N3S. The molecule has 1 aromatic heterocycles. The van der Waals surface area contributed by atoms with Crippen molar-refractivity contribution in [3.63, 3.8) is 0 Å². The summed E-state index contributed by atoms with van der Waals surface area (Å²) in [5.74, 6) is 2.59. The Kier molecular flexibility index (Phi) is 3.70. The summed E-state index contributed by atoms with van der Waals surface area (Å²) in [5.41, 5.74) is 3.77. The molecule has 0 saturated carbocycles. The Morgan fingerprint density at radius 2 is 2.20 bits per heavy atom. The molecule has 1 aliphatic heterocycles. The highest BCUT2D eigenvalue weighted by molar-refractivity contribution is 7.99. The van der Waals surface area contributed by atoms with Gasteiger partial charge in [-0.15, -0.1) is 0 Å². The quantitative estimate of drug-likeness (QED) is 0.835. The largest absolute Gasteiger partial charge is 0.298 e. The fraction of sp³-hybridized carbons (Fsp3) is 0.727. The van der Waals surface area contributed by atoms with Crippen LogP contribution in [0.5, 0.6) is 0 Å². The molecule has 4 heteroatoms. The van der Waals surface area contributed by atoms with Crippen LogP contribution in [-0.2, 0) is 6.54 Å². The molecule has 1 aromatic rings. The van der Waals surface area contributed by atoms with Crippen molar-refractivity contribution in [2.24, 2.45) is 0 Å². The number of thioether (sulfide) groups is 1. The summed E-state index contributed by atoms with van der Waals surface area (Å²) in [5, 5.41) is 7.31. The van der Waals surface area contributed by atoms with E-state index >= 15 is 0 Å². The first-order valence-corrected chi connectivity index (χ1v) is 6.73. The molecule has 2 rings (SSSR count). The number of aryl methyl sites for hydroxylation is 2. The van der Waals surface area contributed by atoms with Crippen LogP contribution in [0.1, 0.15) is 23.4 Å². The summed E-state index contributed by atoms with van der Waals surface area (Å²) in [6.07, 6.45) is 1.32. The fourth-order valence-electron chi connectivity index (χ4n) is 1.99. The number of aromatic amines is 1. The van der Waals surface area contributed by atoms with Gasteiger partial charge in [0.15, 0.2) is 0 Å². The summed E-state index contributed by atoms with van der Waals surface area (Å²) >= 11 is 2.08. The van der Waals surface area contributed by atoms with Crippen LogP contribution < -0.4 is 0 Å². The van der Waals surface area contributed by atoms with Gasteiger partial charge in [-0.05, 0) is 32.6 Å². The standard InChI is InChI=1S/C11H19N3S/c1-9-11(10(2)13-12-9)8-14-4-3-6-15-7-5-14/h3-8H2,1-2H3,(H,12,13). The van der Waals surface area contributed by atoms with Crippen molar-refractivity contribution in [3.05, 3.63) is 17.0 Å². The molecule has 0 aromatic carbocycles. The van der Waals surface area contributed by atoms with Crippen LogP contribution in [0.15, 0.2) is 0 Å². The summed E-state index contributed by atoms with van der Waals surface area (Å²) in [6, 6.07) is 0. The molecule has 15 heavy (non-hydrogen) atoms. The number of rotatable bonds is 2. The fourth-order valence-corrected chi connectivity index (χ4v) is 2.91. The van der Waals surface area contributed by atoms with E-state index in [1.165, 1.54) is 42.3 Å². The third-order valence-electron chi connectivity index (χ3n) is 2.98. The van der Waals surface area contributed by atoms with Gasteiger partial charge in [-0.3, -0.25) is 10.00 Å². The van der Waals surface area contributed by atoms with E-state index in [0.717, 1.165) is 12.2 Å². The van der Waals surface area contributed by atoms with Crippen molar-refractivity contribution in [1.29, 1.82) is 0 Å². The van der Waals surface area contributed by atoms with Gasteiger partial charge in [0.25, 0.3) is 0 Å². The summed E-state index contributed by atoms with van der Waals surface area (Å²) < 4.78 is 0. The molecule has 2 heterocycles. The zero-order valence-electron chi connectivity index (χ0n) is 9.55. The number of aromatic nitrogens is 2. The van der Waals surface area contributed by atoms with Gasteiger partial charge in [0.1, 0.15) is 0 Å². The average Bonchev–Trinajstić information content (AvgIpc) is 2.49. The van der Waals surface area contributed by atoms with Gasteiger partial charge in [-0.1, -0.05) is 0 Å². The van der Waals surface area contributed by atoms with Gasteiger partial charge in [0, 0.05) is 30.1 Å². The van der Waals surface area contributed by atoms with Crippen molar-refractivity contribution in [3.8, 4) is 0 Å². The third kappa shape index (κ3) is 2.75. The number of nitrogens with one attached hydrogen (secondary N) is 1. The lowest BCUT2D eigenvalue weighted by Gasteiger charge is -2.19. The second-order valence-electron chi connectivity index (χ2n) is 4.15. The molecule has 0 amide bonds. The van der Waals surface area contributed by atoms with E-state index in [4.69, 9.17) is 0 Å². The van der Waals surface area contributed by atoms with Gasteiger partial charge in [-0.2, -0.15) is 16.9 Å². The maximum atomic E-state index is 4.25. The van der Waals surface area contributed by atoms with Gasteiger partial charge < -0.3 is 0 Å². The van der Waals surface area contributed by atoms with Crippen molar-refractivity contribution in [1.82, 2.24) is 15.1 Å². The predicted octanol–water partition coefficient (Wildman–Crippen LogP) is 1.97. The van der Waals surface area contributed by atoms with Crippen LogP contribution in [0.4, 0.5) is 0 Å². The Hall–Kier alpha value is -0.480. The molecule has 84 valence electrons. The molecule has 1 N–H and O–H groups in total. The minimum absolute atomic E-state index is 1.06. The lowest BCUT2D eigenvalue weighted by atomic mass is 10.2. The first kappa shape index (κ1) is 11.0. The van der Waals surface area contributed by atoms with Crippen LogP contribution in [0, 0.1) is 13.8 Å². The SMILES string of the molecule is Cc1n[nH]c(C)c1CN1CCCSCC1. The van der Waals surface area contributed by atoms with Crippen LogP contribution in [0.25, 0.3) is 0 Å². The van der Waals surface area contributed by atoms with E-state index in [0.29, 0.717) is 0 Å². The van der Waals surface area contributed by atoms with Crippen LogP contribution in [-0.4, -0.2) is 39.7 Å². The Bertz CT molecular complexity index is 294. The molecule has 0 atom stereocenters. The predicted molar refractivity (Wildman–Crippen MR) is 65.3 cm³/mol. The molecule has 1 aliphatic rings. The monoisotopic (exact) mass is 225 g/mol. The second-order valence-corrected chi connectivity index (χ2v) is 5.38. The number of nitrogens with zero attached hydrogens (tertiary/aromatic N) is 2. The van der Waals surface area contributed by atoms with Crippen LogP contribution in [0.3, 0.4) is 0 Å². The van der Waals surface area contributed by atoms with E-state index in [2.05, 4.69) is 40.7 Å². The van der Waals surface area contributed by atoms with E-state index in [9.17, 15) is 0 Å². The summed E-state index contributed by atoms with van der Waals surface area (Å²) in [7, 11) is 0. The van der Waals surface area contributed by atoms with Crippen molar-refractivity contribution in [2.75, 3.05) is 24.6 Å². The zero-order chi connectivity index (χ0) is 10.7. The Labute approximate surface area is 95.6 Å². The van der Waals surface area contributed by atoms with Crippen molar-refractivity contribution < 1.29 is 0 Å². The lowest BCUT2D eigenvalue weighted by molar-refractivity contribution is 0.286. The van der Waals surface area contributed by atoms with Gasteiger partial charge in [-0.25, -0.2) is 0 Å². The second kappa shape index (κ2) is 5.03. The summed E-state index contributed by atoms with van der Waals surface area (Å²) in [4.78, 5) is 2.55. The lowest BCUT2D eigenvalue weighted by Crippen LogP contribution is -2.25. The van der Waals surface area contributed by atoms with Crippen molar-refractivity contribution in [2.45, 2.75) is 26.8 Å². The Morgan fingerprint density at radius 1 is 1.33 bits per heavy atom. The van der Waals surface area contributed by atoms with E-state index in [1.807, 2.05) is 0 Å². The molecule has 1 fully saturated rings. The molecular weight excluding hydrogens is 206 g/mol. The normalized spacial score (nSPS) is 19.1. The Balaban J connectivity index is 2.00. The average molecular weight is 225 g/mol. The number of hydrogen-bond donors (Lipinski definition) is 1. The van der Waals surface area contributed by atoms with Crippen LogP contribution in [0.2, 0.25) is 0 Å². The third-order valence-corrected chi connectivity index (χ3v) is 4.03. The topological polar surface area (TPSA) is 31.9 Å². The molecule has 0 aliphatic carbocycles. The van der Waals surface area contributed by atoms with Crippen molar-refractivity contribution >= 4 is 11.8 Å². The molecule has 1 saturated heterocycles. The van der Waals surface area contributed by atoms with Crippen LogP contribution >= 0.6 is 11.8 Å². The van der Waals surface area contributed by atoms with Gasteiger partial charge in [0.05, 0.1) is 5.69 Å². The minimum atomic E-state index is 1.06. The molecule has 0 spiro atoms. The highest BCUT2D eigenvalue weighted by atomic mass is 32.2.